The summed E-state index contributed by atoms with van der Waals surface area (Å²) in [6.07, 6.45) is 3.63. The van der Waals surface area contributed by atoms with Gasteiger partial charge in [0.1, 0.15) is 0 Å². The van der Waals surface area contributed by atoms with E-state index in [2.05, 4.69) is 13.8 Å². The normalized spacial score (nSPS) is 22.2. The zero-order valence-electron chi connectivity index (χ0n) is 10.2. The van der Waals surface area contributed by atoms with Gasteiger partial charge in [-0.05, 0) is 24.7 Å². The van der Waals surface area contributed by atoms with Crippen LogP contribution < -0.4 is 0 Å². The topological polar surface area (TPSA) is 37.4 Å². The zero-order valence-corrected chi connectivity index (χ0v) is 11.8. The molecule has 0 aromatic heterocycles. The number of hydrogen-bond donors (Lipinski definition) is 0. The van der Waals surface area contributed by atoms with Crippen LogP contribution in [0, 0.1) is 5.41 Å². The first-order chi connectivity index (χ1) is 7.43. The van der Waals surface area contributed by atoms with Gasteiger partial charge in [-0.15, -0.1) is 11.6 Å². The quantitative estimate of drug-likeness (QED) is 0.718. The molecule has 96 valence electrons. The Kier molecular flexibility index (Phi) is 5.08. The smallest absolute Gasteiger partial charge is 0.212 e. The van der Waals surface area contributed by atoms with Crippen molar-refractivity contribution in [1.82, 2.24) is 4.31 Å². The molecule has 0 aromatic carbocycles. The van der Waals surface area contributed by atoms with E-state index in [0.29, 0.717) is 30.8 Å². The number of sulfonamides is 1. The molecule has 0 spiro atoms. The van der Waals surface area contributed by atoms with E-state index < -0.39 is 10.0 Å². The predicted octanol–water partition coefficient (Wildman–Crippen LogP) is 2.46. The maximum atomic E-state index is 11.9. The second kappa shape index (κ2) is 5.69. The summed E-state index contributed by atoms with van der Waals surface area (Å²) >= 11 is 5.53. The molecule has 0 saturated carbocycles. The molecule has 1 heterocycles. The highest BCUT2D eigenvalue weighted by atomic mass is 35.5. The molecule has 0 atom stereocenters. The molecular weight excluding hydrogens is 246 g/mol. The van der Waals surface area contributed by atoms with E-state index >= 15 is 0 Å². The van der Waals surface area contributed by atoms with Crippen molar-refractivity contribution >= 4 is 21.6 Å². The number of alkyl halides is 1. The van der Waals surface area contributed by atoms with Crippen LogP contribution in [0.2, 0.25) is 0 Å². The van der Waals surface area contributed by atoms with E-state index in [9.17, 15) is 8.42 Å². The second-order valence-corrected chi connectivity index (χ2v) is 7.39. The second-order valence-electron chi connectivity index (χ2n) is 4.92. The molecule has 5 heteroatoms. The van der Waals surface area contributed by atoms with Gasteiger partial charge < -0.3 is 0 Å². The summed E-state index contributed by atoms with van der Waals surface area (Å²) in [6.45, 7) is 5.78. The van der Waals surface area contributed by atoms with Gasteiger partial charge in [0, 0.05) is 19.0 Å². The van der Waals surface area contributed by atoms with Gasteiger partial charge >= 0.3 is 0 Å². The highest BCUT2D eigenvalue weighted by molar-refractivity contribution is 7.89. The first-order valence-corrected chi connectivity index (χ1v) is 8.12. The molecule has 1 saturated heterocycles. The van der Waals surface area contributed by atoms with Crippen molar-refractivity contribution in [1.29, 1.82) is 0 Å². The fourth-order valence-electron chi connectivity index (χ4n) is 2.02. The van der Waals surface area contributed by atoms with E-state index in [4.69, 9.17) is 11.6 Å². The fraction of sp³-hybridized carbons (Fsp3) is 1.00. The first-order valence-electron chi connectivity index (χ1n) is 5.97. The maximum Gasteiger partial charge on any atom is 0.214 e. The Labute approximate surface area is 104 Å². The van der Waals surface area contributed by atoms with Crippen LogP contribution in [-0.4, -0.2) is 37.4 Å². The Bertz CT molecular complexity index is 308. The van der Waals surface area contributed by atoms with Crippen molar-refractivity contribution in [2.45, 2.75) is 39.5 Å². The molecular formula is C11H22ClNO2S. The van der Waals surface area contributed by atoms with Gasteiger partial charge in [-0.25, -0.2) is 12.7 Å². The number of nitrogens with zero attached hydrogens (tertiary/aromatic N) is 1. The van der Waals surface area contributed by atoms with Gasteiger partial charge in [-0.3, -0.25) is 0 Å². The predicted molar refractivity (Wildman–Crippen MR) is 68.3 cm³/mol. The Balaban J connectivity index is 2.53. The van der Waals surface area contributed by atoms with Gasteiger partial charge in [0.05, 0.1) is 5.75 Å². The van der Waals surface area contributed by atoms with Crippen LogP contribution >= 0.6 is 11.6 Å². The summed E-state index contributed by atoms with van der Waals surface area (Å²) in [5.41, 5.74) is 0.332. The number of hydrogen-bond acceptors (Lipinski definition) is 2. The Morgan fingerprint density at radius 2 is 1.88 bits per heavy atom. The van der Waals surface area contributed by atoms with Crippen LogP contribution in [0.4, 0.5) is 0 Å². The van der Waals surface area contributed by atoms with E-state index in [-0.39, 0.29) is 5.75 Å². The number of halogens is 1. The van der Waals surface area contributed by atoms with Crippen LogP contribution in [0.5, 0.6) is 0 Å². The maximum absolute atomic E-state index is 11.9. The van der Waals surface area contributed by atoms with E-state index in [0.717, 1.165) is 19.3 Å². The highest BCUT2D eigenvalue weighted by Crippen LogP contribution is 2.34. The summed E-state index contributed by atoms with van der Waals surface area (Å²) in [7, 11) is -3.06. The molecule has 1 fully saturated rings. The molecule has 0 unspecified atom stereocenters. The lowest BCUT2D eigenvalue weighted by atomic mass is 9.79. The molecule has 1 aliphatic rings. The Morgan fingerprint density at radius 3 is 2.31 bits per heavy atom. The van der Waals surface area contributed by atoms with Crippen molar-refractivity contribution in [3.05, 3.63) is 0 Å². The Morgan fingerprint density at radius 1 is 1.31 bits per heavy atom. The minimum Gasteiger partial charge on any atom is -0.212 e. The van der Waals surface area contributed by atoms with Crippen LogP contribution in [0.25, 0.3) is 0 Å². The molecule has 1 rings (SSSR count). The minimum absolute atomic E-state index is 0.194. The van der Waals surface area contributed by atoms with Crippen LogP contribution in [0.1, 0.15) is 39.5 Å². The van der Waals surface area contributed by atoms with Crippen molar-refractivity contribution in [3.63, 3.8) is 0 Å². The SMILES string of the molecule is CCC1(C)CCN(S(=O)(=O)CCCCl)CC1. The molecule has 16 heavy (non-hydrogen) atoms. The van der Waals surface area contributed by atoms with Crippen molar-refractivity contribution in [2.24, 2.45) is 5.41 Å². The van der Waals surface area contributed by atoms with Crippen LogP contribution in [-0.2, 0) is 10.0 Å². The van der Waals surface area contributed by atoms with Crippen LogP contribution in [0.15, 0.2) is 0 Å². The average molecular weight is 268 g/mol. The van der Waals surface area contributed by atoms with E-state index in [1.54, 1.807) is 4.31 Å². The standard InChI is InChI=1S/C11H22ClNO2S/c1-3-11(2)5-8-13(9-6-11)16(14,15)10-4-7-12/h3-10H2,1-2H3. The largest absolute Gasteiger partial charge is 0.214 e. The van der Waals surface area contributed by atoms with Gasteiger partial charge in [0.25, 0.3) is 0 Å². The van der Waals surface area contributed by atoms with Gasteiger partial charge in [0.15, 0.2) is 0 Å². The number of piperidine rings is 1. The monoisotopic (exact) mass is 267 g/mol. The number of rotatable bonds is 5. The molecule has 3 nitrogen and oxygen atoms in total. The summed E-state index contributed by atoms with van der Waals surface area (Å²) in [6, 6.07) is 0. The summed E-state index contributed by atoms with van der Waals surface area (Å²) in [4.78, 5) is 0. The minimum atomic E-state index is -3.06. The third-order valence-corrected chi connectivity index (χ3v) is 5.94. The zero-order chi connectivity index (χ0) is 12.2. The average Bonchev–Trinajstić information content (AvgIpc) is 2.27. The van der Waals surface area contributed by atoms with Crippen LogP contribution in [0.3, 0.4) is 0 Å². The first kappa shape index (κ1) is 14.3. The van der Waals surface area contributed by atoms with Gasteiger partial charge in [0.2, 0.25) is 10.0 Å². The van der Waals surface area contributed by atoms with E-state index in [1.807, 2.05) is 0 Å². The molecule has 0 bridgehead atoms. The van der Waals surface area contributed by atoms with Gasteiger partial charge in [-0.1, -0.05) is 20.3 Å². The third kappa shape index (κ3) is 3.60. The summed E-state index contributed by atoms with van der Waals surface area (Å²) in [5.74, 6) is 0.610. The van der Waals surface area contributed by atoms with E-state index in [1.165, 1.54) is 0 Å². The molecule has 0 aliphatic carbocycles. The molecule has 0 aromatic rings. The lowest BCUT2D eigenvalue weighted by Crippen LogP contribution is -2.42. The highest BCUT2D eigenvalue weighted by Gasteiger charge is 2.33. The molecule has 0 amide bonds. The molecule has 0 radical (unpaired) electrons. The summed E-state index contributed by atoms with van der Waals surface area (Å²) < 4.78 is 25.5. The Hall–Kier alpha value is 0.200. The fourth-order valence-corrected chi connectivity index (χ4v) is 3.82. The lowest BCUT2D eigenvalue weighted by molar-refractivity contribution is 0.169. The molecule has 0 N–H and O–H groups in total. The van der Waals surface area contributed by atoms with Crippen molar-refractivity contribution < 1.29 is 8.42 Å². The molecule has 1 aliphatic heterocycles. The lowest BCUT2D eigenvalue weighted by Gasteiger charge is -2.38. The third-order valence-electron chi connectivity index (χ3n) is 3.71. The van der Waals surface area contributed by atoms with Gasteiger partial charge in [-0.2, -0.15) is 0 Å². The van der Waals surface area contributed by atoms with Crippen molar-refractivity contribution in [2.75, 3.05) is 24.7 Å². The van der Waals surface area contributed by atoms with Crippen molar-refractivity contribution in [3.8, 4) is 0 Å². The summed E-state index contributed by atoms with van der Waals surface area (Å²) in [5, 5.41) is 0.